The molecule has 0 heterocycles. The van der Waals surface area contributed by atoms with E-state index < -0.39 is 5.97 Å². The van der Waals surface area contributed by atoms with Crippen LogP contribution in [0.5, 0.6) is 0 Å². The number of hydrogen-bond acceptors (Lipinski definition) is 2. The van der Waals surface area contributed by atoms with Crippen molar-refractivity contribution in [2.24, 2.45) is 0 Å². The number of allylic oxidation sites excluding steroid dienone is 1. The second kappa shape index (κ2) is 3.82. The second-order valence-electron chi connectivity index (χ2n) is 1.94. The minimum Gasteiger partial charge on any atom is -0.478 e. The first-order chi connectivity index (χ1) is 4.57. The van der Waals surface area contributed by atoms with E-state index >= 15 is 0 Å². The summed E-state index contributed by atoms with van der Waals surface area (Å²) in [6.07, 6.45) is 1.53. The normalized spacial score (nSPS) is 11.2. The van der Waals surface area contributed by atoms with E-state index in [4.69, 9.17) is 5.11 Å². The van der Waals surface area contributed by atoms with Crippen LogP contribution < -0.4 is 0 Å². The molecule has 10 heavy (non-hydrogen) atoms. The van der Waals surface area contributed by atoms with Gasteiger partial charge in [-0.15, -0.1) is 0 Å². The Morgan fingerprint density at radius 2 is 2.00 bits per heavy atom. The third kappa shape index (κ3) is 3.02. The molecule has 0 fully saturated rings. The van der Waals surface area contributed by atoms with Crippen LogP contribution in [-0.4, -0.2) is 16.9 Å². The highest BCUT2D eigenvalue weighted by Gasteiger charge is 2.03. The molecular weight excluding hydrogens is 132 g/mol. The topological polar surface area (TPSA) is 54.4 Å². The predicted octanol–water partition coefficient (Wildman–Crippen LogP) is 0.996. The van der Waals surface area contributed by atoms with Crippen LogP contribution in [0.25, 0.3) is 0 Å². The average molecular weight is 142 g/mol. The Balaban J connectivity index is 4.34. The van der Waals surface area contributed by atoms with Gasteiger partial charge in [-0.3, -0.25) is 4.79 Å². The standard InChI is InChI=1S/C7H10O3/c1-3-6(7(9)10)4-5(2)8/h4H,3H2,1-2H3,(H,9,10)/b6-4-. The molecule has 56 valence electrons. The van der Waals surface area contributed by atoms with Crippen molar-refractivity contribution in [2.75, 3.05) is 0 Å². The molecule has 0 atom stereocenters. The number of carbonyl (C=O) groups excluding carboxylic acids is 1. The van der Waals surface area contributed by atoms with Crippen LogP contribution in [0.15, 0.2) is 11.6 Å². The first-order valence-electron chi connectivity index (χ1n) is 3.02. The lowest BCUT2D eigenvalue weighted by atomic mass is 10.2. The molecule has 3 nitrogen and oxygen atoms in total. The molecule has 0 aromatic carbocycles. The van der Waals surface area contributed by atoms with Crippen LogP contribution in [-0.2, 0) is 9.59 Å². The Hall–Kier alpha value is -1.12. The molecular formula is C7H10O3. The van der Waals surface area contributed by atoms with E-state index in [-0.39, 0.29) is 11.4 Å². The van der Waals surface area contributed by atoms with Gasteiger partial charge in [0.15, 0.2) is 5.78 Å². The molecule has 0 bridgehead atoms. The third-order valence-electron chi connectivity index (χ3n) is 1.03. The second-order valence-corrected chi connectivity index (χ2v) is 1.94. The van der Waals surface area contributed by atoms with Crippen LogP contribution in [0, 0.1) is 0 Å². The van der Waals surface area contributed by atoms with Crippen molar-refractivity contribution in [2.45, 2.75) is 20.3 Å². The van der Waals surface area contributed by atoms with Crippen LogP contribution in [0.3, 0.4) is 0 Å². The van der Waals surface area contributed by atoms with Crippen molar-refractivity contribution in [3.63, 3.8) is 0 Å². The van der Waals surface area contributed by atoms with Crippen molar-refractivity contribution in [1.29, 1.82) is 0 Å². The SMILES string of the molecule is CC/C(=C/C(C)=O)C(=O)O. The van der Waals surface area contributed by atoms with Crippen molar-refractivity contribution >= 4 is 11.8 Å². The summed E-state index contributed by atoms with van der Waals surface area (Å²) < 4.78 is 0. The summed E-state index contributed by atoms with van der Waals surface area (Å²) in [5.41, 5.74) is 0.160. The summed E-state index contributed by atoms with van der Waals surface area (Å²) in [7, 11) is 0. The first kappa shape index (κ1) is 8.88. The van der Waals surface area contributed by atoms with Gasteiger partial charge in [0.05, 0.1) is 0 Å². The molecule has 3 heteroatoms. The van der Waals surface area contributed by atoms with E-state index in [2.05, 4.69) is 0 Å². The van der Waals surface area contributed by atoms with Crippen LogP contribution in [0.4, 0.5) is 0 Å². The lowest BCUT2D eigenvalue weighted by Gasteiger charge is -1.93. The third-order valence-corrected chi connectivity index (χ3v) is 1.03. The molecule has 0 spiro atoms. The molecule has 0 radical (unpaired) electrons. The van der Waals surface area contributed by atoms with E-state index in [1.54, 1.807) is 6.92 Å². The zero-order valence-electron chi connectivity index (χ0n) is 6.05. The Labute approximate surface area is 59.4 Å². The van der Waals surface area contributed by atoms with E-state index in [1.165, 1.54) is 6.92 Å². The van der Waals surface area contributed by atoms with Gasteiger partial charge < -0.3 is 5.11 Å². The first-order valence-corrected chi connectivity index (χ1v) is 3.02. The fourth-order valence-electron chi connectivity index (χ4n) is 0.560. The van der Waals surface area contributed by atoms with Crippen molar-refractivity contribution in [3.8, 4) is 0 Å². The van der Waals surface area contributed by atoms with Gasteiger partial charge in [-0.2, -0.15) is 0 Å². The molecule has 0 aliphatic rings. The molecule has 0 aliphatic heterocycles. The molecule has 0 saturated heterocycles. The zero-order chi connectivity index (χ0) is 8.15. The molecule has 0 aromatic rings. The van der Waals surface area contributed by atoms with Crippen molar-refractivity contribution < 1.29 is 14.7 Å². The predicted molar refractivity (Wildman–Crippen MR) is 36.7 cm³/mol. The Bertz CT molecular complexity index is 179. The highest BCUT2D eigenvalue weighted by Crippen LogP contribution is 1.99. The lowest BCUT2D eigenvalue weighted by Crippen LogP contribution is -2.01. The zero-order valence-corrected chi connectivity index (χ0v) is 6.05. The van der Waals surface area contributed by atoms with E-state index in [1.807, 2.05) is 0 Å². The lowest BCUT2D eigenvalue weighted by molar-refractivity contribution is -0.133. The molecule has 1 N–H and O–H groups in total. The summed E-state index contributed by atoms with van der Waals surface area (Å²) in [5.74, 6) is -1.24. The number of carboxylic acid groups (broad SMARTS) is 1. The molecule has 0 aromatic heterocycles. The van der Waals surface area contributed by atoms with E-state index in [0.29, 0.717) is 6.42 Å². The van der Waals surface area contributed by atoms with Gasteiger partial charge in [-0.05, 0) is 19.4 Å². The summed E-state index contributed by atoms with van der Waals surface area (Å²) >= 11 is 0. The Morgan fingerprint density at radius 1 is 1.50 bits per heavy atom. The maximum Gasteiger partial charge on any atom is 0.331 e. The monoisotopic (exact) mass is 142 g/mol. The average Bonchev–Trinajstić information content (AvgIpc) is 1.81. The molecule has 0 rings (SSSR count). The molecule has 0 saturated carbocycles. The summed E-state index contributed by atoms with van der Waals surface area (Å²) in [6.45, 7) is 3.03. The maximum absolute atomic E-state index is 10.4. The number of ketones is 1. The summed E-state index contributed by atoms with van der Waals surface area (Å²) in [6, 6.07) is 0. The van der Waals surface area contributed by atoms with Gasteiger partial charge in [0.2, 0.25) is 0 Å². The van der Waals surface area contributed by atoms with Crippen LogP contribution in [0.1, 0.15) is 20.3 Å². The summed E-state index contributed by atoms with van der Waals surface area (Å²) in [5, 5.41) is 8.40. The largest absolute Gasteiger partial charge is 0.478 e. The molecule has 0 aliphatic carbocycles. The van der Waals surface area contributed by atoms with Gasteiger partial charge in [0, 0.05) is 5.57 Å². The van der Waals surface area contributed by atoms with Gasteiger partial charge in [0.25, 0.3) is 0 Å². The highest BCUT2D eigenvalue weighted by atomic mass is 16.4. The van der Waals surface area contributed by atoms with Crippen molar-refractivity contribution in [1.82, 2.24) is 0 Å². The molecule has 0 amide bonds. The smallest absolute Gasteiger partial charge is 0.331 e. The van der Waals surface area contributed by atoms with E-state index in [9.17, 15) is 9.59 Å². The molecule has 0 unspecified atom stereocenters. The quantitative estimate of drug-likeness (QED) is 0.598. The fourth-order valence-corrected chi connectivity index (χ4v) is 0.560. The maximum atomic E-state index is 10.4. The Morgan fingerprint density at radius 3 is 2.10 bits per heavy atom. The Kier molecular flexibility index (Phi) is 3.39. The van der Waals surface area contributed by atoms with Crippen LogP contribution in [0.2, 0.25) is 0 Å². The van der Waals surface area contributed by atoms with Gasteiger partial charge >= 0.3 is 5.97 Å². The minimum absolute atomic E-state index is 0.160. The van der Waals surface area contributed by atoms with Crippen LogP contribution >= 0.6 is 0 Å². The number of aliphatic carboxylic acids is 1. The number of rotatable bonds is 3. The van der Waals surface area contributed by atoms with Crippen molar-refractivity contribution in [3.05, 3.63) is 11.6 Å². The van der Waals surface area contributed by atoms with E-state index in [0.717, 1.165) is 6.08 Å². The summed E-state index contributed by atoms with van der Waals surface area (Å²) in [4.78, 5) is 20.6. The highest BCUT2D eigenvalue weighted by molar-refractivity contribution is 5.97. The number of carboxylic acids is 1. The van der Waals surface area contributed by atoms with Gasteiger partial charge in [-0.25, -0.2) is 4.79 Å². The fraction of sp³-hybridized carbons (Fsp3) is 0.429. The number of hydrogen-bond donors (Lipinski definition) is 1. The number of carbonyl (C=O) groups is 2. The minimum atomic E-state index is -1.02. The van der Waals surface area contributed by atoms with Gasteiger partial charge in [-0.1, -0.05) is 6.92 Å². The van der Waals surface area contributed by atoms with Gasteiger partial charge in [0.1, 0.15) is 0 Å².